The van der Waals surface area contributed by atoms with Crippen molar-refractivity contribution in [1.82, 2.24) is 10.2 Å². The van der Waals surface area contributed by atoms with E-state index in [2.05, 4.69) is 17.3 Å². The van der Waals surface area contributed by atoms with E-state index in [1.54, 1.807) is 0 Å². The fourth-order valence-electron chi connectivity index (χ4n) is 0.919. The minimum Gasteiger partial charge on any atom is -0.404 e. The zero-order valence-electron chi connectivity index (χ0n) is 8.73. The summed E-state index contributed by atoms with van der Waals surface area (Å²) >= 11 is 0. The molecule has 1 aliphatic rings. The van der Waals surface area contributed by atoms with Gasteiger partial charge in [-0.3, -0.25) is 0 Å². The van der Waals surface area contributed by atoms with Crippen LogP contribution in [0.4, 0.5) is 0 Å². The third-order valence-corrected chi connectivity index (χ3v) is 2.32. The second kappa shape index (κ2) is 6.80. The topological polar surface area (TPSA) is 75.4 Å². The van der Waals surface area contributed by atoms with Gasteiger partial charge >= 0.3 is 0 Å². The molecule has 3 N–H and O–H groups in total. The summed E-state index contributed by atoms with van der Waals surface area (Å²) in [4.78, 5) is 2.33. The van der Waals surface area contributed by atoms with Crippen LogP contribution >= 0.6 is 0 Å². The van der Waals surface area contributed by atoms with Gasteiger partial charge in [-0.05, 0) is 7.05 Å². The van der Waals surface area contributed by atoms with E-state index in [1.165, 1.54) is 13.1 Å². The Labute approximate surface area is 85.9 Å². The minimum atomic E-state index is -2.98. The molecule has 14 heavy (non-hydrogen) atoms. The first-order valence-corrected chi connectivity index (χ1v) is 6.39. The molecule has 1 aliphatic heterocycles. The Bertz CT molecular complexity index is 256. The minimum absolute atomic E-state index is 0.938. The van der Waals surface area contributed by atoms with Gasteiger partial charge in [0, 0.05) is 44.0 Å². The molecule has 0 amide bonds. The average molecular weight is 221 g/mol. The van der Waals surface area contributed by atoms with Crippen LogP contribution in [0, 0.1) is 0 Å². The Morgan fingerprint density at radius 3 is 2.00 bits per heavy atom. The van der Waals surface area contributed by atoms with E-state index in [1.807, 2.05) is 0 Å². The predicted octanol–water partition coefficient (Wildman–Crippen LogP) is -1.02. The lowest BCUT2D eigenvalue weighted by Crippen LogP contribution is -2.40. The van der Waals surface area contributed by atoms with E-state index >= 15 is 0 Å². The molecule has 0 bridgehead atoms. The molecule has 0 spiro atoms. The summed E-state index contributed by atoms with van der Waals surface area (Å²) in [5.74, 6) is 0. The van der Waals surface area contributed by atoms with Crippen molar-refractivity contribution < 1.29 is 8.42 Å². The number of nitrogens with zero attached hydrogens (tertiary/aromatic N) is 1. The monoisotopic (exact) mass is 221 g/mol. The first-order valence-electron chi connectivity index (χ1n) is 4.43. The molecule has 1 rings (SSSR count). The summed E-state index contributed by atoms with van der Waals surface area (Å²) in [6.07, 6.45) is 2.08. The van der Waals surface area contributed by atoms with Gasteiger partial charge in [0.05, 0.1) is 0 Å². The van der Waals surface area contributed by atoms with Gasteiger partial charge in [-0.15, -0.1) is 0 Å². The van der Waals surface area contributed by atoms with Crippen LogP contribution in [0.2, 0.25) is 0 Å². The zero-order valence-corrected chi connectivity index (χ0v) is 9.55. The van der Waals surface area contributed by atoms with Crippen LogP contribution in [0.5, 0.6) is 0 Å². The highest BCUT2D eigenvalue weighted by molar-refractivity contribution is 7.93. The molecule has 84 valence electrons. The lowest BCUT2D eigenvalue weighted by molar-refractivity contribution is 0.291. The standard InChI is InChI=1S/C5H12N2.C3H7NO2S/c1-7-4-2-6-3-5-7;1-7(5,6)3-2-4/h6H,2-5H2,1H3;2-3H,4H2,1H3. The summed E-state index contributed by atoms with van der Waals surface area (Å²) < 4.78 is 20.1. The Balaban J connectivity index is 0.000000241. The molecule has 0 atom stereocenters. The predicted molar refractivity (Wildman–Crippen MR) is 58.5 cm³/mol. The number of sulfone groups is 1. The summed E-state index contributed by atoms with van der Waals surface area (Å²) in [6.45, 7) is 4.74. The van der Waals surface area contributed by atoms with Crippen molar-refractivity contribution in [3.63, 3.8) is 0 Å². The largest absolute Gasteiger partial charge is 0.404 e. The molecule has 1 heterocycles. The van der Waals surface area contributed by atoms with Gasteiger partial charge in [-0.25, -0.2) is 8.42 Å². The highest BCUT2D eigenvalue weighted by Crippen LogP contribution is 1.83. The number of likely N-dealkylation sites (N-methyl/N-ethyl adjacent to an activating group) is 1. The van der Waals surface area contributed by atoms with Crippen molar-refractivity contribution in [3.05, 3.63) is 11.6 Å². The van der Waals surface area contributed by atoms with Crippen molar-refractivity contribution in [2.75, 3.05) is 39.5 Å². The Kier molecular flexibility index (Phi) is 6.52. The molecule has 0 radical (unpaired) electrons. The van der Waals surface area contributed by atoms with Gasteiger partial charge in [0.25, 0.3) is 0 Å². The summed E-state index contributed by atoms with van der Waals surface area (Å²) in [6, 6.07) is 0. The quantitative estimate of drug-likeness (QED) is 0.593. The van der Waals surface area contributed by atoms with Crippen LogP contribution in [0.25, 0.3) is 0 Å². The molecule has 1 fully saturated rings. The third-order valence-electron chi connectivity index (χ3n) is 1.67. The molecule has 0 aromatic rings. The van der Waals surface area contributed by atoms with Crippen LogP contribution < -0.4 is 11.1 Å². The Morgan fingerprint density at radius 2 is 1.86 bits per heavy atom. The maximum Gasteiger partial charge on any atom is 0.170 e. The second-order valence-electron chi connectivity index (χ2n) is 3.21. The highest BCUT2D eigenvalue weighted by atomic mass is 32.2. The summed E-state index contributed by atoms with van der Waals surface area (Å²) in [5.41, 5.74) is 4.75. The van der Waals surface area contributed by atoms with Crippen molar-refractivity contribution in [1.29, 1.82) is 0 Å². The van der Waals surface area contributed by atoms with Crippen molar-refractivity contribution in [3.8, 4) is 0 Å². The first-order chi connectivity index (χ1) is 6.45. The van der Waals surface area contributed by atoms with E-state index < -0.39 is 9.84 Å². The molecule has 0 unspecified atom stereocenters. The van der Waals surface area contributed by atoms with Crippen LogP contribution in [0.1, 0.15) is 0 Å². The van der Waals surface area contributed by atoms with Crippen LogP contribution in [0.3, 0.4) is 0 Å². The molecule has 5 nitrogen and oxygen atoms in total. The number of rotatable bonds is 1. The molecule has 0 aromatic heterocycles. The third kappa shape index (κ3) is 9.50. The fourth-order valence-corrected chi connectivity index (χ4v) is 1.20. The van der Waals surface area contributed by atoms with Crippen molar-refractivity contribution in [2.45, 2.75) is 0 Å². The van der Waals surface area contributed by atoms with E-state index in [0.717, 1.165) is 31.0 Å². The number of nitrogens with two attached hydrogens (primary N) is 1. The zero-order chi connectivity index (χ0) is 11.0. The molecular weight excluding hydrogens is 202 g/mol. The molecule has 0 aliphatic carbocycles. The van der Waals surface area contributed by atoms with E-state index in [9.17, 15) is 8.42 Å². The molecule has 6 heteroatoms. The molecule has 0 aromatic carbocycles. The summed E-state index contributed by atoms with van der Waals surface area (Å²) in [5, 5.41) is 4.21. The van der Waals surface area contributed by atoms with Gasteiger partial charge in [0.1, 0.15) is 0 Å². The first kappa shape index (κ1) is 13.4. The number of hydrogen-bond acceptors (Lipinski definition) is 5. The van der Waals surface area contributed by atoms with Gasteiger partial charge in [0.15, 0.2) is 9.84 Å². The Morgan fingerprint density at radius 1 is 1.36 bits per heavy atom. The van der Waals surface area contributed by atoms with Gasteiger partial charge in [-0.2, -0.15) is 0 Å². The molecule has 1 saturated heterocycles. The summed E-state index contributed by atoms with van der Waals surface area (Å²) in [7, 11) is -0.826. The van der Waals surface area contributed by atoms with Crippen LogP contribution in [0.15, 0.2) is 11.6 Å². The molecular formula is C8H19N3O2S. The van der Waals surface area contributed by atoms with Gasteiger partial charge in [-0.1, -0.05) is 0 Å². The van der Waals surface area contributed by atoms with E-state index in [4.69, 9.17) is 5.73 Å². The van der Waals surface area contributed by atoms with Gasteiger partial charge in [0.2, 0.25) is 0 Å². The highest BCUT2D eigenvalue weighted by Gasteiger charge is 2.01. The lowest BCUT2D eigenvalue weighted by atomic mass is 10.4. The number of nitrogens with one attached hydrogen (secondary N) is 1. The van der Waals surface area contributed by atoms with Crippen LogP contribution in [-0.2, 0) is 9.84 Å². The van der Waals surface area contributed by atoms with Crippen molar-refractivity contribution in [2.24, 2.45) is 5.73 Å². The second-order valence-corrected chi connectivity index (χ2v) is 5.14. The number of piperazine rings is 1. The van der Waals surface area contributed by atoms with Gasteiger partial charge < -0.3 is 16.0 Å². The van der Waals surface area contributed by atoms with Crippen molar-refractivity contribution >= 4 is 9.84 Å². The SMILES string of the molecule is CN1CCNCC1.CS(=O)(=O)C=CN. The number of hydrogen-bond donors (Lipinski definition) is 2. The maximum absolute atomic E-state index is 10.1. The average Bonchev–Trinajstić information content (AvgIpc) is 2.04. The normalized spacial score (nSPS) is 19.0. The van der Waals surface area contributed by atoms with E-state index in [0.29, 0.717) is 0 Å². The maximum atomic E-state index is 10.1. The van der Waals surface area contributed by atoms with Crippen LogP contribution in [-0.4, -0.2) is 52.8 Å². The van der Waals surface area contributed by atoms with E-state index in [-0.39, 0.29) is 0 Å². The fraction of sp³-hybridized carbons (Fsp3) is 0.750. The molecule has 0 saturated carbocycles. The lowest BCUT2D eigenvalue weighted by Gasteiger charge is -2.21. The Hall–Kier alpha value is -0.590. The smallest absolute Gasteiger partial charge is 0.170 e.